The lowest BCUT2D eigenvalue weighted by molar-refractivity contribution is -0.138. The van der Waals surface area contributed by atoms with Crippen LogP contribution >= 0.6 is 12.4 Å². The third kappa shape index (κ3) is 6.37. The normalized spacial score (nSPS) is 17.4. The van der Waals surface area contributed by atoms with Gasteiger partial charge in [0.05, 0.1) is 44.0 Å². The summed E-state index contributed by atoms with van der Waals surface area (Å²) < 4.78 is 55.7. The number of benzene rings is 2. The van der Waals surface area contributed by atoms with E-state index in [4.69, 9.17) is 14.2 Å². The Morgan fingerprint density at radius 2 is 1.60 bits per heavy atom. The molecule has 0 aromatic heterocycles. The molecule has 1 unspecified atom stereocenters. The Labute approximate surface area is 248 Å². The van der Waals surface area contributed by atoms with Gasteiger partial charge in [-0.25, -0.2) is 9.59 Å². The zero-order valence-corrected chi connectivity index (χ0v) is 24.8. The standard InChI is InChI=1S/C30H33F3N2O6.ClH/c1-17-25(28(36)37)26(18-6-8-21(9-7-18)30(31,32)33)27(29(38)41-5)22(34(17)2)11-13-35-12-10-19-14-23(39-3)24(40-4)15-20(19)16-35;/h6-9,14-15,26H,10-13,16H2,1-5H3,(H,36,37);1H. The summed E-state index contributed by atoms with van der Waals surface area (Å²) in [4.78, 5) is 29.5. The van der Waals surface area contributed by atoms with Crippen molar-refractivity contribution >= 4 is 24.3 Å². The zero-order chi connectivity index (χ0) is 30.1. The van der Waals surface area contributed by atoms with Crippen molar-refractivity contribution in [1.29, 1.82) is 0 Å². The van der Waals surface area contributed by atoms with Gasteiger partial charge in [0.1, 0.15) is 0 Å². The fourth-order valence-electron chi connectivity index (χ4n) is 5.60. The number of hydrogen-bond donors (Lipinski definition) is 1. The van der Waals surface area contributed by atoms with Crippen LogP contribution in [0.2, 0.25) is 0 Å². The summed E-state index contributed by atoms with van der Waals surface area (Å²) in [7, 11) is 6.06. The number of carboxylic acids is 1. The van der Waals surface area contributed by atoms with E-state index in [9.17, 15) is 27.9 Å². The molecule has 2 aromatic carbocycles. The Morgan fingerprint density at radius 3 is 2.12 bits per heavy atom. The van der Waals surface area contributed by atoms with Crippen LogP contribution in [0.3, 0.4) is 0 Å². The van der Waals surface area contributed by atoms with E-state index >= 15 is 0 Å². The van der Waals surface area contributed by atoms with Crippen LogP contribution in [0.4, 0.5) is 13.2 Å². The molecule has 42 heavy (non-hydrogen) atoms. The first-order chi connectivity index (χ1) is 19.4. The molecule has 4 rings (SSSR count). The maximum absolute atomic E-state index is 13.2. The fraction of sp³-hybridized carbons (Fsp3) is 0.400. The molecule has 1 N–H and O–H groups in total. The number of methoxy groups -OCH3 is 3. The van der Waals surface area contributed by atoms with Gasteiger partial charge in [-0.05, 0) is 54.3 Å². The Balaban J connectivity index is 0.00000484. The molecular weight excluding hydrogens is 577 g/mol. The summed E-state index contributed by atoms with van der Waals surface area (Å²) in [6.07, 6.45) is -3.39. The quantitative estimate of drug-likeness (QED) is 0.397. The molecule has 2 heterocycles. The number of esters is 1. The highest BCUT2D eigenvalue weighted by molar-refractivity contribution is 5.99. The maximum Gasteiger partial charge on any atom is 0.416 e. The van der Waals surface area contributed by atoms with E-state index in [-0.39, 0.29) is 29.1 Å². The highest BCUT2D eigenvalue weighted by Crippen LogP contribution is 2.44. The highest BCUT2D eigenvalue weighted by Gasteiger charge is 2.40. The third-order valence-electron chi connectivity index (χ3n) is 7.86. The van der Waals surface area contributed by atoms with Gasteiger partial charge in [-0.3, -0.25) is 4.90 Å². The molecule has 8 nitrogen and oxygen atoms in total. The van der Waals surface area contributed by atoms with E-state index in [1.165, 1.54) is 19.2 Å². The highest BCUT2D eigenvalue weighted by atomic mass is 35.5. The maximum atomic E-state index is 13.2. The van der Waals surface area contributed by atoms with E-state index in [1.54, 1.807) is 33.1 Å². The predicted molar refractivity (Wildman–Crippen MR) is 152 cm³/mol. The van der Waals surface area contributed by atoms with Crippen LogP contribution in [0, 0.1) is 0 Å². The first kappa shape index (κ1) is 32.8. The summed E-state index contributed by atoms with van der Waals surface area (Å²) in [5.41, 5.74) is 2.61. The van der Waals surface area contributed by atoms with Crippen molar-refractivity contribution in [3.05, 3.63) is 81.2 Å². The van der Waals surface area contributed by atoms with Gasteiger partial charge in [0.15, 0.2) is 11.5 Å². The van der Waals surface area contributed by atoms with Crippen molar-refractivity contribution in [2.75, 3.05) is 41.5 Å². The number of alkyl halides is 3. The van der Waals surface area contributed by atoms with Crippen molar-refractivity contribution < 1.29 is 42.1 Å². The van der Waals surface area contributed by atoms with E-state index in [0.717, 1.165) is 36.2 Å². The van der Waals surface area contributed by atoms with Crippen molar-refractivity contribution in [2.24, 2.45) is 0 Å². The molecule has 1 atom stereocenters. The molecule has 0 spiro atoms. The molecule has 2 aliphatic rings. The monoisotopic (exact) mass is 610 g/mol. The Morgan fingerprint density at radius 1 is 1.00 bits per heavy atom. The Kier molecular flexibility index (Phi) is 10.2. The van der Waals surface area contributed by atoms with Crippen LogP contribution in [0.15, 0.2) is 58.9 Å². The topological polar surface area (TPSA) is 88.5 Å². The molecule has 2 aliphatic heterocycles. The van der Waals surface area contributed by atoms with E-state index < -0.39 is 29.6 Å². The number of ether oxygens (including phenoxy) is 3. The van der Waals surface area contributed by atoms with Gasteiger partial charge in [-0.2, -0.15) is 13.2 Å². The largest absolute Gasteiger partial charge is 0.493 e. The molecule has 0 saturated heterocycles. The van der Waals surface area contributed by atoms with E-state index in [1.807, 2.05) is 12.1 Å². The summed E-state index contributed by atoms with van der Waals surface area (Å²) in [5.74, 6) is -1.80. The number of fused-ring (bicyclic) bond motifs is 1. The average molecular weight is 611 g/mol. The zero-order valence-electron chi connectivity index (χ0n) is 24.0. The Bertz CT molecular complexity index is 1400. The molecule has 228 valence electrons. The SMILES string of the molecule is COC(=O)C1=C(CCN2CCc3cc(OC)c(OC)cc3C2)N(C)C(C)=C(C(=O)O)C1c1ccc(C(F)(F)F)cc1.Cl. The van der Waals surface area contributed by atoms with Gasteiger partial charge in [-0.15, -0.1) is 12.4 Å². The van der Waals surface area contributed by atoms with Gasteiger partial charge in [0, 0.05) is 44.5 Å². The van der Waals surface area contributed by atoms with Crippen LogP contribution < -0.4 is 9.47 Å². The van der Waals surface area contributed by atoms with Crippen LogP contribution in [-0.4, -0.2) is 68.3 Å². The average Bonchev–Trinajstić information content (AvgIpc) is 2.95. The second-order valence-electron chi connectivity index (χ2n) is 10.0. The lowest BCUT2D eigenvalue weighted by Gasteiger charge is -2.38. The smallest absolute Gasteiger partial charge is 0.416 e. The molecule has 0 fully saturated rings. The molecule has 0 radical (unpaired) electrons. The fourth-order valence-corrected chi connectivity index (χ4v) is 5.60. The number of carbonyl (C=O) groups is 2. The number of nitrogens with zero attached hydrogens (tertiary/aromatic N) is 2. The van der Waals surface area contributed by atoms with Crippen molar-refractivity contribution in [3.63, 3.8) is 0 Å². The lowest BCUT2D eigenvalue weighted by atomic mass is 9.79. The number of carbonyl (C=O) groups excluding carboxylic acids is 1. The van der Waals surface area contributed by atoms with E-state index in [2.05, 4.69) is 4.90 Å². The van der Waals surface area contributed by atoms with Gasteiger partial charge in [0.2, 0.25) is 0 Å². The number of rotatable bonds is 8. The van der Waals surface area contributed by atoms with Gasteiger partial charge in [0.25, 0.3) is 0 Å². The molecule has 0 saturated carbocycles. The lowest BCUT2D eigenvalue weighted by Crippen LogP contribution is -2.36. The van der Waals surface area contributed by atoms with Gasteiger partial charge in [-0.1, -0.05) is 12.1 Å². The van der Waals surface area contributed by atoms with Crippen LogP contribution in [0.1, 0.15) is 41.5 Å². The summed E-state index contributed by atoms with van der Waals surface area (Å²) in [5, 5.41) is 10.1. The first-order valence-corrected chi connectivity index (χ1v) is 13.0. The van der Waals surface area contributed by atoms with Crippen LogP contribution in [0.5, 0.6) is 11.5 Å². The second-order valence-corrected chi connectivity index (χ2v) is 10.0. The van der Waals surface area contributed by atoms with Gasteiger partial charge < -0.3 is 24.2 Å². The van der Waals surface area contributed by atoms with Crippen molar-refractivity contribution in [3.8, 4) is 11.5 Å². The number of hydrogen-bond acceptors (Lipinski definition) is 7. The second kappa shape index (κ2) is 13.1. The minimum Gasteiger partial charge on any atom is -0.493 e. The summed E-state index contributed by atoms with van der Waals surface area (Å²) >= 11 is 0. The predicted octanol–water partition coefficient (Wildman–Crippen LogP) is 5.41. The molecular formula is C30H34ClF3N2O6. The molecule has 2 aromatic rings. The number of carboxylic acid groups (broad SMARTS) is 1. The van der Waals surface area contributed by atoms with Crippen molar-refractivity contribution in [2.45, 2.75) is 38.4 Å². The minimum absolute atomic E-state index is 0. The van der Waals surface area contributed by atoms with Crippen LogP contribution in [-0.2, 0) is 33.5 Å². The van der Waals surface area contributed by atoms with E-state index in [0.29, 0.717) is 42.4 Å². The molecule has 0 aliphatic carbocycles. The third-order valence-corrected chi connectivity index (χ3v) is 7.86. The molecule has 0 bridgehead atoms. The number of aliphatic carboxylic acids is 1. The summed E-state index contributed by atoms with van der Waals surface area (Å²) in [6, 6.07) is 8.17. The summed E-state index contributed by atoms with van der Waals surface area (Å²) in [6.45, 7) is 3.57. The first-order valence-electron chi connectivity index (χ1n) is 13.0. The number of halogens is 4. The molecule has 12 heteroatoms. The van der Waals surface area contributed by atoms with Crippen LogP contribution in [0.25, 0.3) is 0 Å². The molecule has 0 amide bonds. The van der Waals surface area contributed by atoms with Crippen molar-refractivity contribution in [1.82, 2.24) is 9.80 Å². The number of allylic oxidation sites excluding steroid dienone is 1. The minimum atomic E-state index is -4.55. The Hall–Kier alpha value is -3.70. The van der Waals surface area contributed by atoms with Gasteiger partial charge >= 0.3 is 18.1 Å².